The van der Waals surface area contributed by atoms with Crippen molar-refractivity contribution in [1.29, 1.82) is 0 Å². The molecule has 1 atom stereocenters. The lowest BCUT2D eigenvalue weighted by Crippen LogP contribution is -2.55. The summed E-state index contributed by atoms with van der Waals surface area (Å²) in [7, 11) is 0.802. The summed E-state index contributed by atoms with van der Waals surface area (Å²) in [5, 5.41) is 0. The van der Waals surface area contributed by atoms with Crippen LogP contribution in [0.5, 0.6) is 0 Å². The second kappa shape index (κ2) is 6.12. The van der Waals surface area contributed by atoms with E-state index in [4.69, 9.17) is 15.0 Å². The van der Waals surface area contributed by atoms with Crippen LogP contribution >= 0.6 is 11.3 Å². The number of carbonyl (C=O) groups excluding carboxylic acids is 3. The lowest BCUT2D eigenvalue weighted by Gasteiger charge is -2.32. The summed E-state index contributed by atoms with van der Waals surface area (Å²) < 4.78 is 12.8. The Kier molecular flexibility index (Phi) is 4.47. The number of likely N-dealkylation sites (N-methyl/N-ethyl adjacent to an activating group) is 1. The van der Waals surface area contributed by atoms with Crippen molar-refractivity contribution < 1.29 is 23.7 Å². The molecule has 0 bridgehead atoms. The number of amides is 2. The Morgan fingerprint density at radius 2 is 1.73 bits per heavy atom. The number of piperidine rings is 1. The largest absolute Gasteiger partial charge is 0.505 e. The van der Waals surface area contributed by atoms with E-state index in [2.05, 4.69) is 0 Å². The van der Waals surface area contributed by atoms with Gasteiger partial charge in [0, 0.05) is 16.7 Å². The molecule has 3 heterocycles. The Morgan fingerprint density at radius 1 is 1.15 bits per heavy atom. The van der Waals surface area contributed by atoms with Crippen LogP contribution in [0, 0.1) is 0 Å². The van der Waals surface area contributed by atoms with Crippen molar-refractivity contribution in [2.24, 2.45) is 5.73 Å². The first-order valence-electron chi connectivity index (χ1n) is 8.23. The van der Waals surface area contributed by atoms with Crippen LogP contribution in [0.4, 0.5) is 0 Å². The second-order valence-corrected chi connectivity index (χ2v) is 8.58. The number of carbonyl (C=O) groups is 3. The predicted molar refractivity (Wildman–Crippen MR) is 98.8 cm³/mol. The number of Topliss-reactive ketones (excluding diaryl/α,β-unsaturated/α-hetero) is 1. The number of imide groups is 1. The Labute approximate surface area is 156 Å². The van der Waals surface area contributed by atoms with Gasteiger partial charge >= 0.3 is 7.12 Å². The topological polar surface area (TPSA) is 98.9 Å². The second-order valence-electron chi connectivity index (χ2n) is 7.43. The molecule has 2 N–H and O–H groups in total. The molecule has 2 aliphatic rings. The van der Waals surface area contributed by atoms with Gasteiger partial charge in [0.1, 0.15) is 6.04 Å². The molecule has 2 saturated heterocycles. The molecule has 1 aromatic rings. The highest BCUT2D eigenvalue weighted by Gasteiger charge is 2.52. The van der Waals surface area contributed by atoms with Gasteiger partial charge in [0.25, 0.3) is 11.8 Å². The number of hydrogen-bond acceptors (Lipinski definition) is 7. The van der Waals surface area contributed by atoms with Crippen LogP contribution in [0.25, 0.3) is 6.08 Å². The molecule has 2 fully saturated rings. The molecule has 7 nitrogen and oxygen atoms in total. The fourth-order valence-corrected chi connectivity index (χ4v) is 3.60. The minimum atomic E-state index is -1.34. The SMILES string of the molecule is CN1C(=O)/C(=C\c2ccc(B3OC(C)(C)C(C)(C)O3)s2)C(=O)C(N)C1=O. The van der Waals surface area contributed by atoms with Crippen molar-refractivity contribution in [2.45, 2.75) is 44.9 Å². The maximum atomic E-state index is 12.2. The van der Waals surface area contributed by atoms with Gasteiger partial charge in [-0.25, -0.2) is 0 Å². The minimum Gasteiger partial charge on any atom is -0.399 e. The standard InChI is InChI=1S/C17H21BN2O5S/c1-16(2)17(3,4)25-18(24-16)11-7-6-9(26-11)8-10-13(21)12(19)15(23)20(5)14(10)22/h6-8,12H,19H2,1-5H3/b10-8-. The smallest absolute Gasteiger partial charge is 0.399 e. The third-order valence-corrected chi connectivity index (χ3v) is 6.15. The fraction of sp³-hybridized carbons (Fsp3) is 0.471. The zero-order chi connectivity index (χ0) is 19.4. The number of nitrogens with zero attached hydrogens (tertiary/aromatic N) is 1. The van der Waals surface area contributed by atoms with Crippen molar-refractivity contribution in [3.63, 3.8) is 0 Å². The van der Waals surface area contributed by atoms with Gasteiger partial charge in [0.05, 0.1) is 16.8 Å². The molecule has 2 amide bonds. The molecule has 0 spiro atoms. The van der Waals surface area contributed by atoms with Gasteiger partial charge in [-0.2, -0.15) is 0 Å². The van der Waals surface area contributed by atoms with Crippen LogP contribution < -0.4 is 10.5 Å². The molecule has 26 heavy (non-hydrogen) atoms. The Morgan fingerprint density at radius 3 is 2.31 bits per heavy atom. The third-order valence-electron chi connectivity index (χ3n) is 5.10. The molecule has 1 aromatic heterocycles. The summed E-state index contributed by atoms with van der Waals surface area (Å²) in [6.07, 6.45) is 1.47. The van der Waals surface area contributed by atoms with Gasteiger partial charge in [-0.3, -0.25) is 19.3 Å². The summed E-state index contributed by atoms with van der Waals surface area (Å²) in [6, 6.07) is 2.28. The molecule has 9 heteroatoms. The summed E-state index contributed by atoms with van der Waals surface area (Å²) >= 11 is 1.36. The predicted octanol–water partition coefficient (Wildman–Crippen LogP) is 0.326. The van der Waals surface area contributed by atoms with Gasteiger partial charge in [-0.1, -0.05) is 6.07 Å². The Hall–Kier alpha value is -1.81. The van der Waals surface area contributed by atoms with Crippen molar-refractivity contribution >= 4 is 46.9 Å². The van der Waals surface area contributed by atoms with Gasteiger partial charge < -0.3 is 15.0 Å². The first kappa shape index (κ1) is 19.0. The van der Waals surface area contributed by atoms with Crippen LogP contribution in [0.3, 0.4) is 0 Å². The average Bonchev–Trinajstić information content (AvgIpc) is 3.10. The quantitative estimate of drug-likeness (QED) is 0.263. The van der Waals surface area contributed by atoms with Gasteiger partial charge in [-0.15, -0.1) is 11.3 Å². The summed E-state index contributed by atoms with van der Waals surface area (Å²) in [4.78, 5) is 37.8. The van der Waals surface area contributed by atoms with E-state index in [9.17, 15) is 14.4 Å². The first-order valence-corrected chi connectivity index (χ1v) is 9.05. The summed E-state index contributed by atoms with van der Waals surface area (Å²) in [5.41, 5.74) is 4.61. The van der Waals surface area contributed by atoms with E-state index in [0.717, 1.165) is 9.68 Å². The van der Waals surface area contributed by atoms with E-state index in [1.807, 2.05) is 33.8 Å². The molecular weight excluding hydrogens is 355 g/mol. The van der Waals surface area contributed by atoms with Gasteiger partial charge in [0.15, 0.2) is 5.78 Å². The van der Waals surface area contributed by atoms with E-state index in [1.165, 1.54) is 24.5 Å². The molecule has 1 unspecified atom stereocenters. The molecule has 0 aromatic carbocycles. The van der Waals surface area contributed by atoms with Crippen LogP contribution in [0.2, 0.25) is 0 Å². The maximum absolute atomic E-state index is 12.2. The lowest BCUT2D eigenvalue weighted by atomic mass is 9.88. The molecule has 0 saturated carbocycles. The number of ketones is 1. The van der Waals surface area contributed by atoms with Crippen molar-refractivity contribution in [3.8, 4) is 0 Å². The van der Waals surface area contributed by atoms with E-state index in [-0.39, 0.29) is 5.57 Å². The zero-order valence-electron chi connectivity index (χ0n) is 15.4. The Balaban J connectivity index is 1.87. The number of rotatable bonds is 2. The molecular formula is C17H21BN2O5S. The normalized spacial score (nSPS) is 26.9. The van der Waals surface area contributed by atoms with Crippen molar-refractivity contribution in [1.82, 2.24) is 4.90 Å². The first-order chi connectivity index (χ1) is 11.9. The highest BCUT2D eigenvalue weighted by atomic mass is 32.1. The van der Waals surface area contributed by atoms with E-state index in [1.54, 1.807) is 6.07 Å². The molecule has 0 radical (unpaired) electrons. The highest BCUT2D eigenvalue weighted by molar-refractivity contribution is 7.23. The van der Waals surface area contributed by atoms with E-state index in [0.29, 0.717) is 4.88 Å². The monoisotopic (exact) mass is 376 g/mol. The molecule has 138 valence electrons. The van der Waals surface area contributed by atoms with Crippen LogP contribution in [0.15, 0.2) is 17.7 Å². The van der Waals surface area contributed by atoms with Crippen molar-refractivity contribution in [3.05, 3.63) is 22.6 Å². The number of likely N-dealkylation sites (tertiary alicyclic amines) is 1. The minimum absolute atomic E-state index is 0.0954. The average molecular weight is 376 g/mol. The van der Waals surface area contributed by atoms with Crippen LogP contribution in [0.1, 0.15) is 32.6 Å². The zero-order valence-corrected chi connectivity index (χ0v) is 16.2. The number of nitrogens with two attached hydrogens (primary N) is 1. The van der Waals surface area contributed by atoms with E-state index < -0.39 is 42.0 Å². The molecule has 2 aliphatic heterocycles. The number of thiophene rings is 1. The maximum Gasteiger partial charge on any atom is 0.505 e. The number of hydrogen-bond donors (Lipinski definition) is 1. The van der Waals surface area contributed by atoms with Crippen LogP contribution in [-0.2, 0) is 23.7 Å². The Bertz CT molecular complexity index is 787. The molecule has 3 rings (SSSR count). The van der Waals surface area contributed by atoms with Crippen molar-refractivity contribution in [2.75, 3.05) is 7.05 Å². The van der Waals surface area contributed by atoms with Gasteiger partial charge in [0.2, 0.25) is 0 Å². The fourth-order valence-electron chi connectivity index (χ4n) is 2.68. The summed E-state index contributed by atoms with van der Waals surface area (Å²) in [5.74, 6) is -2.00. The third kappa shape index (κ3) is 2.94. The summed E-state index contributed by atoms with van der Waals surface area (Å²) in [6.45, 7) is 7.88. The van der Waals surface area contributed by atoms with Crippen LogP contribution in [-0.4, -0.2) is 53.9 Å². The van der Waals surface area contributed by atoms with E-state index >= 15 is 0 Å². The lowest BCUT2D eigenvalue weighted by molar-refractivity contribution is -0.147. The van der Waals surface area contributed by atoms with Gasteiger partial charge in [-0.05, 0) is 39.8 Å². The molecule has 0 aliphatic carbocycles. The highest BCUT2D eigenvalue weighted by Crippen LogP contribution is 2.37.